The summed E-state index contributed by atoms with van der Waals surface area (Å²) in [7, 11) is 0. The molecule has 0 aliphatic heterocycles. The van der Waals surface area contributed by atoms with Crippen LogP contribution in [0.5, 0.6) is 0 Å². The molecule has 1 saturated carbocycles. The molecular weight excluding hydrogens is 210 g/mol. The van der Waals surface area contributed by atoms with Gasteiger partial charge in [0.2, 0.25) is 0 Å². The Balaban J connectivity index is 2.23. The van der Waals surface area contributed by atoms with Crippen LogP contribution < -0.4 is 5.73 Å². The molecule has 0 heterocycles. The van der Waals surface area contributed by atoms with Gasteiger partial charge in [0.25, 0.3) is 0 Å². The van der Waals surface area contributed by atoms with Crippen molar-refractivity contribution >= 4 is 0 Å². The van der Waals surface area contributed by atoms with Gasteiger partial charge in [0, 0.05) is 6.54 Å². The number of aliphatic hydroxyl groups is 1. The molecule has 0 amide bonds. The number of nitrogens with two attached hydrogens (primary N) is 1. The molecule has 0 aromatic heterocycles. The van der Waals surface area contributed by atoms with Crippen LogP contribution in [0.3, 0.4) is 0 Å². The summed E-state index contributed by atoms with van der Waals surface area (Å²) in [6.07, 6.45) is 7.24. The Morgan fingerprint density at radius 3 is 2.18 bits per heavy atom. The maximum absolute atomic E-state index is 10.9. The average molecular weight is 233 g/mol. The fourth-order valence-corrected chi connectivity index (χ4v) is 3.00. The Morgan fingerprint density at radius 1 is 1.06 bits per heavy atom. The Kier molecular flexibility index (Phi) is 4.19. The highest BCUT2D eigenvalue weighted by molar-refractivity contribution is 5.23. The first-order valence-electron chi connectivity index (χ1n) is 6.75. The van der Waals surface area contributed by atoms with Gasteiger partial charge >= 0.3 is 0 Å². The molecular formula is C15H23NO. The lowest BCUT2D eigenvalue weighted by atomic mass is 9.77. The quantitative estimate of drug-likeness (QED) is 0.789. The number of hydrogen-bond acceptors (Lipinski definition) is 2. The van der Waals surface area contributed by atoms with Crippen LogP contribution >= 0.6 is 0 Å². The second-order valence-electron chi connectivity index (χ2n) is 5.18. The summed E-state index contributed by atoms with van der Waals surface area (Å²) in [6.45, 7) is 0.321. The average Bonchev–Trinajstić information content (AvgIpc) is 2.68. The summed E-state index contributed by atoms with van der Waals surface area (Å²) in [4.78, 5) is 0. The van der Waals surface area contributed by atoms with E-state index in [1.165, 1.54) is 25.7 Å². The van der Waals surface area contributed by atoms with Crippen LogP contribution in [-0.4, -0.2) is 11.7 Å². The SMILES string of the molecule is NCC(O)(c1ccccc1)C1CCCCCC1. The normalized spacial score (nSPS) is 21.8. The molecule has 1 aliphatic carbocycles. The van der Waals surface area contributed by atoms with Crippen molar-refractivity contribution in [2.75, 3.05) is 6.54 Å². The van der Waals surface area contributed by atoms with Gasteiger partial charge in [-0.2, -0.15) is 0 Å². The molecule has 1 aromatic carbocycles. The third-order valence-corrected chi connectivity index (χ3v) is 4.12. The second kappa shape index (κ2) is 5.65. The zero-order valence-corrected chi connectivity index (χ0v) is 10.4. The second-order valence-corrected chi connectivity index (χ2v) is 5.18. The van der Waals surface area contributed by atoms with Gasteiger partial charge in [-0.05, 0) is 24.3 Å². The highest BCUT2D eigenvalue weighted by Crippen LogP contribution is 2.37. The van der Waals surface area contributed by atoms with Crippen molar-refractivity contribution in [3.8, 4) is 0 Å². The first-order valence-corrected chi connectivity index (χ1v) is 6.75. The molecule has 2 nitrogen and oxygen atoms in total. The van der Waals surface area contributed by atoms with E-state index < -0.39 is 5.60 Å². The maximum atomic E-state index is 10.9. The van der Waals surface area contributed by atoms with E-state index in [2.05, 4.69) is 0 Å². The molecule has 94 valence electrons. The van der Waals surface area contributed by atoms with Crippen LogP contribution in [-0.2, 0) is 5.60 Å². The van der Waals surface area contributed by atoms with Gasteiger partial charge in [-0.15, -0.1) is 0 Å². The summed E-state index contributed by atoms with van der Waals surface area (Å²) in [5.41, 5.74) is 6.02. The van der Waals surface area contributed by atoms with Gasteiger partial charge in [-0.1, -0.05) is 56.0 Å². The van der Waals surface area contributed by atoms with E-state index in [4.69, 9.17) is 5.73 Å². The third-order valence-electron chi connectivity index (χ3n) is 4.12. The maximum Gasteiger partial charge on any atom is 0.105 e. The van der Waals surface area contributed by atoms with Gasteiger partial charge < -0.3 is 10.8 Å². The van der Waals surface area contributed by atoms with Gasteiger partial charge in [0.15, 0.2) is 0 Å². The van der Waals surface area contributed by atoms with Crippen LogP contribution in [0.2, 0.25) is 0 Å². The summed E-state index contributed by atoms with van der Waals surface area (Å²) in [5.74, 6) is 0.317. The number of hydrogen-bond donors (Lipinski definition) is 2. The van der Waals surface area contributed by atoms with E-state index in [1.807, 2.05) is 30.3 Å². The van der Waals surface area contributed by atoms with E-state index in [0.29, 0.717) is 12.5 Å². The summed E-state index contributed by atoms with van der Waals surface area (Å²) in [5, 5.41) is 10.9. The Bertz CT molecular complexity index is 330. The largest absolute Gasteiger partial charge is 0.384 e. The molecule has 2 rings (SSSR count). The molecule has 1 unspecified atom stereocenters. The van der Waals surface area contributed by atoms with Crippen LogP contribution in [0.25, 0.3) is 0 Å². The van der Waals surface area contributed by atoms with E-state index in [-0.39, 0.29) is 0 Å². The molecule has 0 saturated heterocycles. The topological polar surface area (TPSA) is 46.2 Å². The highest BCUT2D eigenvalue weighted by atomic mass is 16.3. The zero-order valence-electron chi connectivity index (χ0n) is 10.4. The molecule has 1 fully saturated rings. The van der Waals surface area contributed by atoms with E-state index in [0.717, 1.165) is 18.4 Å². The lowest BCUT2D eigenvalue weighted by molar-refractivity contribution is -0.0220. The highest BCUT2D eigenvalue weighted by Gasteiger charge is 2.36. The van der Waals surface area contributed by atoms with Crippen molar-refractivity contribution in [3.05, 3.63) is 35.9 Å². The summed E-state index contributed by atoms with van der Waals surface area (Å²) >= 11 is 0. The predicted octanol–water partition coefficient (Wildman–Crippen LogP) is 2.80. The van der Waals surface area contributed by atoms with Crippen molar-refractivity contribution in [2.45, 2.75) is 44.1 Å². The lowest BCUT2D eigenvalue weighted by Crippen LogP contribution is -2.42. The Hall–Kier alpha value is -0.860. The van der Waals surface area contributed by atoms with Crippen LogP contribution in [0, 0.1) is 5.92 Å². The summed E-state index contributed by atoms with van der Waals surface area (Å²) in [6, 6.07) is 9.93. The van der Waals surface area contributed by atoms with Gasteiger partial charge in [0.05, 0.1) is 0 Å². The van der Waals surface area contributed by atoms with E-state index in [9.17, 15) is 5.11 Å². The third kappa shape index (κ3) is 2.70. The molecule has 0 radical (unpaired) electrons. The standard InChI is InChI=1S/C15H23NO/c16-12-15(17,14-10-6-3-7-11-14)13-8-4-1-2-5-9-13/h3,6-7,10-11,13,17H,1-2,4-5,8-9,12,16H2. The first kappa shape index (κ1) is 12.6. The van der Waals surface area contributed by atoms with Crippen LogP contribution in [0.4, 0.5) is 0 Å². The van der Waals surface area contributed by atoms with Crippen LogP contribution in [0.1, 0.15) is 44.1 Å². The molecule has 0 bridgehead atoms. The van der Waals surface area contributed by atoms with Crippen molar-refractivity contribution in [3.63, 3.8) is 0 Å². The molecule has 17 heavy (non-hydrogen) atoms. The molecule has 3 N–H and O–H groups in total. The minimum atomic E-state index is -0.828. The van der Waals surface area contributed by atoms with E-state index in [1.54, 1.807) is 0 Å². The molecule has 1 aromatic rings. The molecule has 1 aliphatic rings. The van der Waals surface area contributed by atoms with Crippen molar-refractivity contribution in [2.24, 2.45) is 11.7 Å². The fraction of sp³-hybridized carbons (Fsp3) is 0.600. The van der Waals surface area contributed by atoms with Gasteiger partial charge in [-0.25, -0.2) is 0 Å². The minimum Gasteiger partial charge on any atom is -0.384 e. The van der Waals surface area contributed by atoms with Crippen molar-refractivity contribution < 1.29 is 5.11 Å². The van der Waals surface area contributed by atoms with Crippen molar-refractivity contribution in [1.82, 2.24) is 0 Å². The Labute approximate surface area is 104 Å². The lowest BCUT2D eigenvalue weighted by Gasteiger charge is -2.35. The number of benzene rings is 1. The van der Waals surface area contributed by atoms with Crippen molar-refractivity contribution in [1.29, 1.82) is 0 Å². The molecule has 2 heteroatoms. The Morgan fingerprint density at radius 2 is 1.65 bits per heavy atom. The zero-order chi connectivity index (χ0) is 12.1. The monoisotopic (exact) mass is 233 g/mol. The van der Waals surface area contributed by atoms with E-state index >= 15 is 0 Å². The molecule has 1 atom stereocenters. The molecule has 0 spiro atoms. The minimum absolute atomic E-state index is 0.317. The number of rotatable bonds is 3. The predicted molar refractivity (Wildman–Crippen MR) is 70.6 cm³/mol. The van der Waals surface area contributed by atoms with Crippen LogP contribution in [0.15, 0.2) is 30.3 Å². The first-order chi connectivity index (χ1) is 8.27. The van der Waals surface area contributed by atoms with Gasteiger partial charge in [0.1, 0.15) is 5.60 Å². The smallest absolute Gasteiger partial charge is 0.105 e. The fourth-order valence-electron chi connectivity index (χ4n) is 3.00. The summed E-state index contributed by atoms with van der Waals surface area (Å²) < 4.78 is 0. The van der Waals surface area contributed by atoms with Gasteiger partial charge in [-0.3, -0.25) is 0 Å².